The zero-order valence-corrected chi connectivity index (χ0v) is 31.9. The molecule has 56 heavy (non-hydrogen) atoms. The van der Waals surface area contributed by atoms with Gasteiger partial charge in [0.25, 0.3) is 0 Å². The van der Waals surface area contributed by atoms with Gasteiger partial charge in [0.05, 0.1) is 0 Å². The predicted molar refractivity (Wildman–Crippen MR) is 234 cm³/mol. The Morgan fingerprint density at radius 3 is 1.98 bits per heavy atom. The van der Waals surface area contributed by atoms with Crippen molar-refractivity contribution in [2.75, 3.05) is 0 Å². The zero-order valence-electron chi connectivity index (χ0n) is 31.9. The van der Waals surface area contributed by atoms with E-state index in [0.29, 0.717) is 23.4 Å². The first kappa shape index (κ1) is 35.2. The Morgan fingerprint density at radius 1 is 0.554 bits per heavy atom. The van der Waals surface area contributed by atoms with Crippen LogP contribution in [0.4, 0.5) is 0 Å². The highest BCUT2D eigenvalue weighted by Crippen LogP contribution is 2.45. The smallest absolute Gasteiger partial charge is 0.164 e. The maximum Gasteiger partial charge on any atom is 0.164 e. The molecule has 0 aliphatic heterocycles. The first-order valence-corrected chi connectivity index (χ1v) is 19.7. The number of nitrogens with zero attached hydrogens (tertiary/aromatic N) is 4. The Kier molecular flexibility index (Phi) is 9.63. The summed E-state index contributed by atoms with van der Waals surface area (Å²) in [6, 6.07) is 49.5. The Bertz CT molecular complexity index is 2720. The number of benzene rings is 6. The van der Waals surface area contributed by atoms with Gasteiger partial charge in [0.15, 0.2) is 17.5 Å². The summed E-state index contributed by atoms with van der Waals surface area (Å²) in [5, 5.41) is 4.84. The standard InChI is InChI=1S/C52H44N4/c1-3-11-47-40(22-21-39-13-9-10-17-48(39)47)19-18-36-32-44(38-24-28-52(2,29-25-38)46-26-30-53-31-27-46)35-45(33-36)51-55-49(41-14-5-4-6-15-41)54-50(56-51)43-23-20-37-12-7-8-16-42(37)34-43/h3-23,26-27,30-35,38H,24-25,28-29H2,1-2H3/b11-3-,19-18+. The summed E-state index contributed by atoms with van der Waals surface area (Å²) < 4.78 is 0. The van der Waals surface area contributed by atoms with E-state index in [-0.39, 0.29) is 5.41 Å². The highest BCUT2D eigenvalue weighted by atomic mass is 15.0. The molecule has 1 saturated carbocycles. The van der Waals surface area contributed by atoms with Crippen molar-refractivity contribution in [3.63, 3.8) is 0 Å². The van der Waals surface area contributed by atoms with Crippen LogP contribution in [0, 0.1) is 0 Å². The summed E-state index contributed by atoms with van der Waals surface area (Å²) in [6.07, 6.45) is 17.2. The number of fused-ring (bicyclic) bond motifs is 2. The van der Waals surface area contributed by atoms with E-state index in [1.807, 2.05) is 30.6 Å². The first-order chi connectivity index (χ1) is 27.5. The maximum atomic E-state index is 5.23. The van der Waals surface area contributed by atoms with Gasteiger partial charge in [0.2, 0.25) is 0 Å². The molecule has 9 rings (SSSR count). The van der Waals surface area contributed by atoms with Crippen molar-refractivity contribution in [2.24, 2.45) is 0 Å². The summed E-state index contributed by atoms with van der Waals surface area (Å²) in [7, 11) is 0. The molecule has 6 aromatic carbocycles. The number of hydrogen-bond acceptors (Lipinski definition) is 4. The molecule has 2 aromatic heterocycles. The lowest BCUT2D eigenvalue weighted by Crippen LogP contribution is -2.28. The molecule has 8 aromatic rings. The average molecular weight is 725 g/mol. The number of rotatable bonds is 8. The third kappa shape index (κ3) is 7.19. The summed E-state index contributed by atoms with van der Waals surface area (Å²) in [4.78, 5) is 19.8. The normalized spacial score (nSPS) is 17.3. The van der Waals surface area contributed by atoms with Gasteiger partial charge in [-0.05, 0) is 124 Å². The van der Waals surface area contributed by atoms with E-state index in [0.717, 1.165) is 53.3 Å². The quantitative estimate of drug-likeness (QED) is 0.146. The highest BCUT2D eigenvalue weighted by molar-refractivity contribution is 5.95. The van der Waals surface area contributed by atoms with Crippen molar-refractivity contribution >= 4 is 39.8 Å². The lowest BCUT2D eigenvalue weighted by Gasteiger charge is -2.38. The van der Waals surface area contributed by atoms with Crippen LogP contribution in [-0.2, 0) is 5.41 Å². The van der Waals surface area contributed by atoms with E-state index in [2.05, 4.69) is 164 Å². The summed E-state index contributed by atoms with van der Waals surface area (Å²) in [6.45, 7) is 4.50. The van der Waals surface area contributed by atoms with Gasteiger partial charge in [-0.25, -0.2) is 15.0 Å². The fourth-order valence-electron chi connectivity index (χ4n) is 8.44. The second-order valence-electron chi connectivity index (χ2n) is 15.3. The van der Waals surface area contributed by atoms with Crippen molar-refractivity contribution in [1.29, 1.82) is 0 Å². The van der Waals surface area contributed by atoms with Gasteiger partial charge in [0, 0.05) is 29.1 Å². The molecular weight excluding hydrogens is 681 g/mol. The van der Waals surface area contributed by atoms with Gasteiger partial charge in [-0.3, -0.25) is 4.98 Å². The lowest BCUT2D eigenvalue weighted by molar-refractivity contribution is 0.292. The van der Waals surface area contributed by atoms with E-state index in [9.17, 15) is 0 Å². The Balaban J connectivity index is 1.17. The second-order valence-corrected chi connectivity index (χ2v) is 15.3. The number of hydrogen-bond donors (Lipinski definition) is 0. The van der Waals surface area contributed by atoms with Crippen LogP contribution in [0.3, 0.4) is 0 Å². The van der Waals surface area contributed by atoms with Crippen LogP contribution in [0.2, 0.25) is 0 Å². The topological polar surface area (TPSA) is 51.6 Å². The molecule has 0 radical (unpaired) electrons. The van der Waals surface area contributed by atoms with Crippen molar-refractivity contribution in [3.05, 3.63) is 186 Å². The summed E-state index contributed by atoms with van der Waals surface area (Å²) in [5.74, 6) is 2.43. The summed E-state index contributed by atoms with van der Waals surface area (Å²) in [5.41, 5.74) is 9.34. The van der Waals surface area contributed by atoms with Crippen LogP contribution in [0.1, 0.15) is 73.3 Å². The minimum absolute atomic E-state index is 0.145. The first-order valence-electron chi connectivity index (χ1n) is 19.7. The average Bonchev–Trinajstić information content (AvgIpc) is 3.26. The Hall–Kier alpha value is -6.52. The van der Waals surface area contributed by atoms with E-state index in [1.54, 1.807) is 0 Å². The highest BCUT2D eigenvalue weighted by Gasteiger charge is 2.33. The van der Waals surface area contributed by atoms with Gasteiger partial charge in [-0.1, -0.05) is 140 Å². The van der Waals surface area contributed by atoms with Crippen LogP contribution in [0.25, 0.3) is 73.9 Å². The summed E-state index contributed by atoms with van der Waals surface area (Å²) >= 11 is 0. The maximum absolute atomic E-state index is 5.23. The molecule has 0 N–H and O–H groups in total. The molecular formula is C52H44N4. The molecule has 2 heterocycles. The molecule has 1 aliphatic carbocycles. The number of aromatic nitrogens is 4. The molecule has 0 bridgehead atoms. The fourth-order valence-corrected chi connectivity index (χ4v) is 8.44. The van der Waals surface area contributed by atoms with E-state index in [4.69, 9.17) is 15.0 Å². The van der Waals surface area contributed by atoms with Crippen molar-refractivity contribution in [2.45, 2.75) is 50.9 Å². The minimum Gasteiger partial charge on any atom is -0.265 e. The van der Waals surface area contributed by atoms with Crippen molar-refractivity contribution in [3.8, 4) is 34.2 Å². The van der Waals surface area contributed by atoms with E-state index >= 15 is 0 Å². The molecule has 4 nitrogen and oxygen atoms in total. The van der Waals surface area contributed by atoms with Crippen LogP contribution >= 0.6 is 0 Å². The molecule has 0 spiro atoms. The molecule has 272 valence electrons. The Morgan fingerprint density at radius 2 is 1.21 bits per heavy atom. The van der Waals surface area contributed by atoms with Crippen molar-refractivity contribution in [1.82, 2.24) is 19.9 Å². The SMILES string of the molecule is C/C=C\c1c(/C=C/c2cc(-c3nc(-c4ccccc4)nc(-c4ccc5ccccc5c4)n3)cc(C3CCC(C)(c4ccncc4)CC3)c2)ccc2ccccc12. The molecule has 0 saturated heterocycles. The lowest BCUT2D eigenvalue weighted by atomic mass is 9.67. The zero-order chi connectivity index (χ0) is 37.9. The van der Waals surface area contributed by atoms with E-state index < -0.39 is 0 Å². The molecule has 0 amide bonds. The predicted octanol–water partition coefficient (Wildman–Crippen LogP) is 13.4. The molecule has 0 unspecified atom stereocenters. The molecule has 1 aliphatic rings. The monoisotopic (exact) mass is 724 g/mol. The van der Waals surface area contributed by atoms with Gasteiger partial charge in [-0.2, -0.15) is 0 Å². The number of pyridine rings is 1. The van der Waals surface area contributed by atoms with Crippen LogP contribution in [0.5, 0.6) is 0 Å². The largest absolute Gasteiger partial charge is 0.265 e. The van der Waals surface area contributed by atoms with Crippen LogP contribution in [0.15, 0.2) is 158 Å². The molecule has 1 fully saturated rings. The fraction of sp³-hybridized carbons (Fsp3) is 0.154. The van der Waals surface area contributed by atoms with Crippen LogP contribution in [-0.4, -0.2) is 19.9 Å². The van der Waals surface area contributed by atoms with Gasteiger partial charge < -0.3 is 0 Å². The van der Waals surface area contributed by atoms with Gasteiger partial charge in [-0.15, -0.1) is 0 Å². The number of allylic oxidation sites excluding steroid dienone is 1. The van der Waals surface area contributed by atoms with Gasteiger partial charge >= 0.3 is 0 Å². The molecule has 4 heteroatoms. The Labute approximate surface area is 329 Å². The third-order valence-electron chi connectivity index (χ3n) is 11.6. The second kappa shape index (κ2) is 15.3. The minimum atomic E-state index is 0.145. The van der Waals surface area contributed by atoms with E-state index in [1.165, 1.54) is 38.4 Å². The van der Waals surface area contributed by atoms with Crippen molar-refractivity contribution < 1.29 is 0 Å². The van der Waals surface area contributed by atoms with Gasteiger partial charge in [0.1, 0.15) is 0 Å². The third-order valence-corrected chi connectivity index (χ3v) is 11.6. The molecule has 0 atom stereocenters. The van der Waals surface area contributed by atoms with Crippen LogP contribution < -0.4 is 0 Å².